The van der Waals surface area contributed by atoms with Gasteiger partial charge < -0.3 is 19.9 Å². The van der Waals surface area contributed by atoms with E-state index in [0.29, 0.717) is 13.2 Å². The van der Waals surface area contributed by atoms with Gasteiger partial charge in [-0.3, -0.25) is 0 Å². The minimum atomic E-state index is -0.447. The highest BCUT2D eigenvalue weighted by molar-refractivity contribution is 5.27. The summed E-state index contributed by atoms with van der Waals surface area (Å²) < 4.78 is 10.9. The van der Waals surface area contributed by atoms with Gasteiger partial charge in [-0.05, 0) is 18.4 Å². The standard InChI is InChI=1S/C19H29NO3/c1-22-17-13-23-12-15(18(17)21)11-20-14-19(9-5-6-10-19)16-7-3-2-4-8-16/h2-4,7-8,15,17-18,20-21H,5-6,9-14H2,1H3/t15-,17-,18+/m1/s1. The fourth-order valence-corrected chi connectivity index (χ4v) is 4.13. The van der Waals surface area contributed by atoms with Crippen LogP contribution in [-0.2, 0) is 14.9 Å². The van der Waals surface area contributed by atoms with Crippen molar-refractivity contribution in [3.63, 3.8) is 0 Å². The summed E-state index contributed by atoms with van der Waals surface area (Å²) in [4.78, 5) is 0. The molecule has 2 aliphatic rings. The molecule has 128 valence electrons. The topological polar surface area (TPSA) is 50.7 Å². The molecular formula is C19H29NO3. The lowest BCUT2D eigenvalue weighted by atomic mass is 9.78. The Kier molecular flexibility index (Phi) is 5.70. The average molecular weight is 319 g/mol. The van der Waals surface area contributed by atoms with Crippen LogP contribution in [0.25, 0.3) is 0 Å². The van der Waals surface area contributed by atoms with Gasteiger partial charge in [0.05, 0.1) is 19.3 Å². The SMILES string of the molecule is CO[C@@H]1COC[C@@H](CNCC2(c3ccccc3)CCCC2)[C@@H]1O. The second kappa shape index (κ2) is 7.75. The number of hydrogen-bond acceptors (Lipinski definition) is 4. The van der Waals surface area contributed by atoms with Crippen molar-refractivity contribution in [2.45, 2.75) is 43.3 Å². The van der Waals surface area contributed by atoms with Gasteiger partial charge in [0.1, 0.15) is 6.10 Å². The van der Waals surface area contributed by atoms with Crippen molar-refractivity contribution in [2.75, 3.05) is 33.4 Å². The molecule has 1 aromatic carbocycles. The second-order valence-electron chi connectivity index (χ2n) is 7.05. The molecule has 0 aromatic heterocycles. The summed E-state index contributed by atoms with van der Waals surface area (Å²) in [6.07, 6.45) is 4.44. The van der Waals surface area contributed by atoms with E-state index in [1.807, 2.05) is 0 Å². The van der Waals surface area contributed by atoms with Crippen molar-refractivity contribution >= 4 is 0 Å². The Hall–Kier alpha value is -0.940. The van der Waals surface area contributed by atoms with E-state index in [4.69, 9.17) is 9.47 Å². The van der Waals surface area contributed by atoms with Crippen molar-refractivity contribution < 1.29 is 14.6 Å². The van der Waals surface area contributed by atoms with Crippen molar-refractivity contribution in [1.82, 2.24) is 5.32 Å². The highest BCUT2D eigenvalue weighted by Crippen LogP contribution is 2.40. The zero-order valence-corrected chi connectivity index (χ0v) is 14.0. The summed E-state index contributed by atoms with van der Waals surface area (Å²) in [5.41, 5.74) is 1.70. The van der Waals surface area contributed by atoms with E-state index < -0.39 is 6.10 Å². The molecule has 1 aromatic rings. The number of rotatable bonds is 6. The third-order valence-corrected chi connectivity index (χ3v) is 5.60. The van der Waals surface area contributed by atoms with Gasteiger partial charge in [0.25, 0.3) is 0 Å². The molecule has 4 heteroatoms. The fourth-order valence-electron chi connectivity index (χ4n) is 4.13. The molecule has 0 radical (unpaired) electrons. The zero-order chi connectivity index (χ0) is 16.1. The zero-order valence-electron chi connectivity index (χ0n) is 14.0. The molecule has 0 amide bonds. The monoisotopic (exact) mass is 319 g/mol. The van der Waals surface area contributed by atoms with Crippen LogP contribution in [0.3, 0.4) is 0 Å². The van der Waals surface area contributed by atoms with E-state index in [1.165, 1.54) is 31.2 Å². The van der Waals surface area contributed by atoms with Crippen LogP contribution in [-0.4, -0.2) is 50.7 Å². The number of nitrogens with one attached hydrogen (secondary N) is 1. The minimum absolute atomic E-state index is 0.0999. The summed E-state index contributed by atoms with van der Waals surface area (Å²) >= 11 is 0. The molecule has 1 saturated carbocycles. The van der Waals surface area contributed by atoms with Crippen LogP contribution in [0.1, 0.15) is 31.2 Å². The highest BCUT2D eigenvalue weighted by atomic mass is 16.5. The minimum Gasteiger partial charge on any atom is -0.390 e. The van der Waals surface area contributed by atoms with E-state index in [2.05, 4.69) is 35.6 Å². The lowest BCUT2D eigenvalue weighted by molar-refractivity contribution is -0.133. The van der Waals surface area contributed by atoms with Gasteiger partial charge in [0.2, 0.25) is 0 Å². The second-order valence-corrected chi connectivity index (χ2v) is 7.05. The summed E-state index contributed by atoms with van der Waals surface area (Å²) in [6.45, 7) is 2.84. The summed E-state index contributed by atoms with van der Waals surface area (Å²) in [6, 6.07) is 10.9. The molecular weight excluding hydrogens is 290 g/mol. The van der Waals surface area contributed by atoms with Crippen LogP contribution in [0.4, 0.5) is 0 Å². The quantitative estimate of drug-likeness (QED) is 0.843. The first-order valence-corrected chi connectivity index (χ1v) is 8.80. The Morgan fingerprint density at radius 2 is 1.96 bits per heavy atom. The van der Waals surface area contributed by atoms with Gasteiger partial charge in [-0.25, -0.2) is 0 Å². The Labute approximate surface area is 139 Å². The first-order chi connectivity index (χ1) is 11.2. The van der Waals surface area contributed by atoms with Crippen LogP contribution >= 0.6 is 0 Å². The number of hydrogen-bond donors (Lipinski definition) is 2. The number of aliphatic hydroxyl groups excluding tert-OH is 1. The summed E-state index contributed by atoms with van der Waals surface area (Å²) in [7, 11) is 1.63. The lowest BCUT2D eigenvalue weighted by Crippen LogP contribution is -2.49. The van der Waals surface area contributed by atoms with Crippen LogP contribution in [0, 0.1) is 5.92 Å². The summed E-state index contributed by atoms with van der Waals surface area (Å²) in [5, 5.41) is 14.0. The van der Waals surface area contributed by atoms with E-state index in [1.54, 1.807) is 7.11 Å². The maximum Gasteiger partial charge on any atom is 0.107 e. The van der Waals surface area contributed by atoms with Crippen LogP contribution in [0.5, 0.6) is 0 Å². The van der Waals surface area contributed by atoms with Crippen molar-refractivity contribution in [1.29, 1.82) is 0 Å². The van der Waals surface area contributed by atoms with Gasteiger partial charge >= 0.3 is 0 Å². The Morgan fingerprint density at radius 1 is 1.22 bits per heavy atom. The molecule has 1 aliphatic heterocycles. The largest absolute Gasteiger partial charge is 0.390 e. The molecule has 3 atom stereocenters. The van der Waals surface area contributed by atoms with Gasteiger partial charge in [-0.1, -0.05) is 43.2 Å². The smallest absolute Gasteiger partial charge is 0.107 e. The third kappa shape index (κ3) is 3.77. The van der Waals surface area contributed by atoms with Gasteiger partial charge in [-0.2, -0.15) is 0 Å². The maximum atomic E-state index is 10.4. The normalized spacial score (nSPS) is 30.4. The molecule has 2 fully saturated rings. The first kappa shape index (κ1) is 16.9. The lowest BCUT2D eigenvalue weighted by Gasteiger charge is -2.35. The third-order valence-electron chi connectivity index (χ3n) is 5.60. The van der Waals surface area contributed by atoms with Crippen LogP contribution < -0.4 is 5.32 Å². The predicted octanol–water partition coefficient (Wildman–Crippen LogP) is 2.11. The predicted molar refractivity (Wildman–Crippen MR) is 90.6 cm³/mol. The van der Waals surface area contributed by atoms with Crippen molar-refractivity contribution in [3.05, 3.63) is 35.9 Å². The van der Waals surface area contributed by atoms with Crippen LogP contribution in [0.2, 0.25) is 0 Å². The first-order valence-electron chi connectivity index (χ1n) is 8.80. The highest BCUT2D eigenvalue weighted by Gasteiger charge is 2.36. The number of methoxy groups -OCH3 is 1. The van der Waals surface area contributed by atoms with E-state index >= 15 is 0 Å². The Bertz CT molecular complexity index is 473. The Balaban J connectivity index is 1.58. The van der Waals surface area contributed by atoms with Crippen LogP contribution in [0.15, 0.2) is 30.3 Å². The molecule has 1 saturated heterocycles. The molecule has 3 rings (SSSR count). The number of ether oxygens (including phenoxy) is 2. The number of aliphatic hydroxyl groups is 1. The summed E-state index contributed by atoms with van der Waals surface area (Å²) in [5.74, 6) is 0.0999. The van der Waals surface area contributed by atoms with Gasteiger partial charge in [0, 0.05) is 31.5 Å². The van der Waals surface area contributed by atoms with Gasteiger partial charge in [0.15, 0.2) is 0 Å². The van der Waals surface area contributed by atoms with E-state index in [9.17, 15) is 5.11 Å². The van der Waals surface area contributed by atoms with E-state index in [0.717, 1.165) is 13.1 Å². The maximum absolute atomic E-state index is 10.4. The molecule has 0 spiro atoms. The molecule has 1 aliphatic carbocycles. The molecule has 2 N–H and O–H groups in total. The van der Waals surface area contributed by atoms with Crippen molar-refractivity contribution in [2.24, 2.45) is 5.92 Å². The number of benzene rings is 1. The molecule has 23 heavy (non-hydrogen) atoms. The van der Waals surface area contributed by atoms with Gasteiger partial charge in [-0.15, -0.1) is 0 Å². The molecule has 0 bridgehead atoms. The molecule has 4 nitrogen and oxygen atoms in total. The van der Waals surface area contributed by atoms with Crippen molar-refractivity contribution in [3.8, 4) is 0 Å². The average Bonchev–Trinajstić information content (AvgIpc) is 3.07. The molecule has 1 heterocycles. The Morgan fingerprint density at radius 3 is 2.65 bits per heavy atom. The fraction of sp³-hybridized carbons (Fsp3) is 0.684. The van der Waals surface area contributed by atoms with E-state index in [-0.39, 0.29) is 17.4 Å². The molecule has 0 unspecified atom stereocenters.